The van der Waals surface area contributed by atoms with Crippen molar-refractivity contribution in [2.45, 2.75) is 22.6 Å². The van der Waals surface area contributed by atoms with E-state index in [1.165, 1.54) is 0 Å². The van der Waals surface area contributed by atoms with Gasteiger partial charge in [-0.1, -0.05) is 48.2 Å². The molecule has 136 valence electrons. The number of benzene rings is 2. The van der Waals surface area contributed by atoms with Gasteiger partial charge in [-0.3, -0.25) is 14.5 Å². The molecule has 5 heteroatoms. The summed E-state index contributed by atoms with van der Waals surface area (Å²) in [5, 5.41) is 0. The highest BCUT2D eigenvalue weighted by Gasteiger charge is 2.41. The molecule has 1 amide bonds. The maximum atomic E-state index is 13.0. The van der Waals surface area contributed by atoms with E-state index in [0.29, 0.717) is 5.92 Å². The Bertz CT molecular complexity index is 909. The molecular formula is C22H19NO3S. The van der Waals surface area contributed by atoms with Crippen molar-refractivity contribution >= 4 is 35.0 Å². The second-order valence-corrected chi connectivity index (χ2v) is 8.34. The number of carbonyl (C=O) groups excluding carboxylic acids is 2. The first-order valence-corrected chi connectivity index (χ1v) is 10.1. The Kier molecular flexibility index (Phi) is 4.05. The van der Waals surface area contributed by atoms with E-state index in [1.54, 1.807) is 16.7 Å². The van der Waals surface area contributed by atoms with Crippen molar-refractivity contribution in [3.8, 4) is 0 Å². The molecule has 5 rings (SSSR count). The van der Waals surface area contributed by atoms with Crippen LogP contribution in [0.5, 0.6) is 0 Å². The molecule has 4 nitrogen and oxygen atoms in total. The number of anilines is 2. The van der Waals surface area contributed by atoms with E-state index in [1.807, 2.05) is 48.5 Å². The lowest BCUT2D eigenvalue weighted by molar-refractivity contribution is -0.152. The molecule has 1 saturated carbocycles. The van der Waals surface area contributed by atoms with Gasteiger partial charge in [0.2, 0.25) is 0 Å². The summed E-state index contributed by atoms with van der Waals surface area (Å²) in [6.45, 7) is -0.232. The zero-order chi connectivity index (χ0) is 18.4. The molecule has 0 spiro atoms. The Morgan fingerprint density at radius 3 is 2.22 bits per heavy atom. The van der Waals surface area contributed by atoms with Gasteiger partial charge >= 0.3 is 5.97 Å². The number of hydrogen-bond donors (Lipinski definition) is 0. The summed E-state index contributed by atoms with van der Waals surface area (Å²) in [5.74, 6) is 0.228. The Morgan fingerprint density at radius 1 is 0.963 bits per heavy atom. The van der Waals surface area contributed by atoms with E-state index in [9.17, 15) is 9.59 Å². The maximum absolute atomic E-state index is 13.0. The average molecular weight is 377 g/mol. The molecule has 1 aliphatic heterocycles. The molecule has 3 atom stereocenters. The molecular weight excluding hydrogens is 358 g/mol. The normalized spacial score (nSPS) is 24.4. The summed E-state index contributed by atoms with van der Waals surface area (Å²) >= 11 is 1.65. The van der Waals surface area contributed by atoms with Crippen LogP contribution in [0.3, 0.4) is 0 Å². The molecule has 3 unspecified atom stereocenters. The lowest BCUT2D eigenvalue weighted by Crippen LogP contribution is -2.34. The number of para-hydroxylation sites is 2. The molecule has 2 aromatic rings. The molecule has 0 N–H and O–H groups in total. The van der Waals surface area contributed by atoms with Crippen LogP contribution in [0.4, 0.5) is 11.4 Å². The Labute approximate surface area is 162 Å². The van der Waals surface area contributed by atoms with Crippen LogP contribution in [0.1, 0.15) is 12.8 Å². The van der Waals surface area contributed by atoms with Gasteiger partial charge in [-0.25, -0.2) is 0 Å². The number of fused-ring (bicyclic) bond motifs is 4. The van der Waals surface area contributed by atoms with Crippen LogP contribution in [-0.4, -0.2) is 18.5 Å². The smallest absolute Gasteiger partial charge is 0.310 e. The molecule has 1 heterocycles. The van der Waals surface area contributed by atoms with Crippen LogP contribution >= 0.6 is 11.8 Å². The van der Waals surface area contributed by atoms with Crippen molar-refractivity contribution in [1.82, 2.24) is 0 Å². The number of nitrogens with zero attached hydrogens (tertiary/aromatic N) is 1. The van der Waals surface area contributed by atoms with Crippen LogP contribution in [0.15, 0.2) is 70.5 Å². The molecule has 2 aliphatic carbocycles. The maximum Gasteiger partial charge on any atom is 0.310 e. The minimum Gasteiger partial charge on any atom is -0.455 e. The molecule has 3 aliphatic rings. The highest BCUT2D eigenvalue weighted by atomic mass is 32.2. The van der Waals surface area contributed by atoms with Gasteiger partial charge in [0.25, 0.3) is 5.91 Å². The second-order valence-electron chi connectivity index (χ2n) is 7.26. The van der Waals surface area contributed by atoms with Crippen LogP contribution < -0.4 is 4.90 Å². The van der Waals surface area contributed by atoms with E-state index < -0.39 is 0 Å². The number of hydrogen-bond acceptors (Lipinski definition) is 4. The number of ether oxygens (including phenoxy) is 1. The summed E-state index contributed by atoms with van der Waals surface area (Å²) in [6, 6.07) is 15.6. The topological polar surface area (TPSA) is 46.6 Å². The summed E-state index contributed by atoms with van der Waals surface area (Å²) in [5.41, 5.74) is 1.68. The Morgan fingerprint density at radius 2 is 1.63 bits per heavy atom. The fourth-order valence-corrected chi connectivity index (χ4v) is 5.39. The van der Waals surface area contributed by atoms with E-state index >= 15 is 0 Å². The third-order valence-corrected chi connectivity index (χ3v) is 6.73. The van der Waals surface area contributed by atoms with Gasteiger partial charge in [0.15, 0.2) is 6.61 Å². The zero-order valence-corrected chi connectivity index (χ0v) is 15.5. The van der Waals surface area contributed by atoms with Crippen molar-refractivity contribution in [2.24, 2.45) is 17.8 Å². The lowest BCUT2D eigenvalue weighted by atomic mass is 9.94. The monoisotopic (exact) mass is 377 g/mol. The van der Waals surface area contributed by atoms with Crippen LogP contribution in [-0.2, 0) is 14.3 Å². The van der Waals surface area contributed by atoms with Crippen molar-refractivity contribution in [2.75, 3.05) is 11.5 Å². The predicted molar refractivity (Wildman–Crippen MR) is 104 cm³/mol. The minimum absolute atomic E-state index is 0.0933. The van der Waals surface area contributed by atoms with Crippen LogP contribution in [0.2, 0.25) is 0 Å². The van der Waals surface area contributed by atoms with E-state index in [2.05, 4.69) is 12.2 Å². The second kappa shape index (κ2) is 6.57. The van der Waals surface area contributed by atoms with Gasteiger partial charge in [0.1, 0.15) is 0 Å². The summed E-state index contributed by atoms with van der Waals surface area (Å²) in [6.07, 6.45) is 6.20. The van der Waals surface area contributed by atoms with Crippen LogP contribution in [0, 0.1) is 17.8 Å². The SMILES string of the molecule is O=C(OCC(=O)N1c2ccccc2Sc2ccccc21)C1CC2C=CC1C2. The first-order chi connectivity index (χ1) is 13.2. The third-order valence-electron chi connectivity index (χ3n) is 5.60. The average Bonchev–Trinajstić information content (AvgIpc) is 3.33. The number of allylic oxidation sites excluding steroid dienone is 2. The standard InChI is InChI=1S/C22H19NO3S/c24-21(13-26-22(25)16-12-14-9-10-15(16)11-14)23-17-5-1-3-7-19(17)27-20-8-4-2-6-18(20)23/h1-10,14-16H,11-13H2. The first-order valence-electron chi connectivity index (χ1n) is 9.24. The fourth-order valence-electron chi connectivity index (χ4n) is 4.33. The number of amides is 1. The summed E-state index contributed by atoms with van der Waals surface area (Å²) in [7, 11) is 0. The van der Waals surface area contributed by atoms with Gasteiger partial charge in [-0.05, 0) is 48.9 Å². The largest absolute Gasteiger partial charge is 0.455 e. The Balaban J connectivity index is 1.36. The highest BCUT2D eigenvalue weighted by Crippen LogP contribution is 2.48. The van der Waals surface area contributed by atoms with Gasteiger partial charge in [-0.15, -0.1) is 0 Å². The lowest BCUT2D eigenvalue weighted by Gasteiger charge is -2.31. The molecule has 0 radical (unpaired) electrons. The van der Waals surface area contributed by atoms with Crippen molar-refractivity contribution in [3.05, 3.63) is 60.7 Å². The van der Waals surface area contributed by atoms with Gasteiger partial charge in [-0.2, -0.15) is 0 Å². The van der Waals surface area contributed by atoms with Gasteiger partial charge in [0, 0.05) is 9.79 Å². The first kappa shape index (κ1) is 16.6. The zero-order valence-electron chi connectivity index (χ0n) is 14.7. The van der Waals surface area contributed by atoms with Gasteiger partial charge in [0.05, 0.1) is 17.3 Å². The quantitative estimate of drug-likeness (QED) is 0.581. The van der Waals surface area contributed by atoms with Gasteiger partial charge < -0.3 is 4.74 Å². The molecule has 1 fully saturated rings. The third kappa shape index (κ3) is 2.86. The van der Waals surface area contributed by atoms with E-state index in [0.717, 1.165) is 34.0 Å². The summed E-state index contributed by atoms with van der Waals surface area (Å²) < 4.78 is 5.45. The molecule has 0 aromatic heterocycles. The summed E-state index contributed by atoms with van der Waals surface area (Å²) in [4.78, 5) is 29.2. The van der Waals surface area contributed by atoms with Crippen molar-refractivity contribution in [3.63, 3.8) is 0 Å². The molecule has 2 aromatic carbocycles. The molecule has 27 heavy (non-hydrogen) atoms. The van der Waals surface area contributed by atoms with Crippen molar-refractivity contribution in [1.29, 1.82) is 0 Å². The molecule has 0 saturated heterocycles. The van der Waals surface area contributed by atoms with E-state index in [-0.39, 0.29) is 30.3 Å². The highest BCUT2D eigenvalue weighted by molar-refractivity contribution is 7.99. The number of carbonyl (C=O) groups is 2. The van der Waals surface area contributed by atoms with E-state index in [4.69, 9.17) is 4.74 Å². The number of rotatable bonds is 3. The predicted octanol–water partition coefficient (Wildman–Crippen LogP) is 4.57. The Hall–Kier alpha value is -2.53. The van der Waals surface area contributed by atoms with Crippen molar-refractivity contribution < 1.29 is 14.3 Å². The van der Waals surface area contributed by atoms with Crippen LogP contribution in [0.25, 0.3) is 0 Å². The number of esters is 1. The fraction of sp³-hybridized carbons (Fsp3) is 0.273. The minimum atomic E-state index is -0.242. The molecule has 2 bridgehead atoms.